The predicted molar refractivity (Wildman–Crippen MR) is 93.0 cm³/mol. The van der Waals surface area contributed by atoms with Crippen LogP contribution in [-0.2, 0) is 11.3 Å². The van der Waals surface area contributed by atoms with Crippen molar-refractivity contribution in [2.24, 2.45) is 0 Å². The number of carbonyl (C=O) groups excluding carboxylic acids is 1. The van der Waals surface area contributed by atoms with E-state index in [1.165, 1.54) is 0 Å². The monoisotopic (exact) mass is 337 g/mol. The van der Waals surface area contributed by atoms with Gasteiger partial charge in [-0.25, -0.2) is 4.68 Å². The number of benzene rings is 1. The average molecular weight is 337 g/mol. The van der Waals surface area contributed by atoms with E-state index in [-0.39, 0.29) is 12.5 Å². The third kappa shape index (κ3) is 3.28. The van der Waals surface area contributed by atoms with Crippen molar-refractivity contribution in [2.75, 3.05) is 31.1 Å². The lowest BCUT2D eigenvalue weighted by Crippen LogP contribution is -2.37. The van der Waals surface area contributed by atoms with Crippen LogP contribution in [0.5, 0.6) is 0 Å². The van der Waals surface area contributed by atoms with Crippen LogP contribution in [0.15, 0.2) is 42.6 Å². The van der Waals surface area contributed by atoms with Crippen LogP contribution in [-0.4, -0.2) is 62.2 Å². The Morgan fingerprint density at radius 1 is 1.00 bits per heavy atom. The summed E-state index contributed by atoms with van der Waals surface area (Å²) in [7, 11) is 0. The number of para-hydroxylation sites is 1. The molecule has 0 aliphatic carbocycles. The van der Waals surface area contributed by atoms with Crippen molar-refractivity contribution in [2.45, 2.75) is 13.0 Å². The van der Waals surface area contributed by atoms with Gasteiger partial charge in [0.05, 0.1) is 5.52 Å². The third-order valence-electron chi connectivity index (χ3n) is 4.44. The van der Waals surface area contributed by atoms with Crippen LogP contribution in [0.25, 0.3) is 11.0 Å². The number of hydrogen-bond acceptors (Lipinski definition) is 6. The van der Waals surface area contributed by atoms with Gasteiger partial charge in [-0.1, -0.05) is 17.3 Å². The number of amides is 1. The number of hydrogen-bond donors (Lipinski definition) is 0. The zero-order valence-electron chi connectivity index (χ0n) is 13.8. The van der Waals surface area contributed by atoms with Crippen molar-refractivity contribution in [3.63, 3.8) is 0 Å². The average Bonchev–Trinajstić information content (AvgIpc) is 2.90. The standard InChI is InChI=1S/C17H19N7O/c25-17(13-24-15-6-2-1-5-14(15)19-21-24)23-10-4-9-22(11-12-23)16-7-3-8-18-20-16/h1-3,5-8H,4,9-13H2. The molecule has 1 aliphatic rings. The summed E-state index contributed by atoms with van der Waals surface area (Å²) in [6.07, 6.45) is 2.57. The lowest BCUT2D eigenvalue weighted by atomic mass is 10.3. The molecule has 3 aromatic rings. The minimum Gasteiger partial charge on any atom is -0.353 e. The Labute approximate surface area is 145 Å². The molecule has 2 aromatic heterocycles. The number of carbonyl (C=O) groups is 1. The minimum atomic E-state index is 0.0663. The van der Waals surface area contributed by atoms with E-state index in [1.807, 2.05) is 41.3 Å². The van der Waals surface area contributed by atoms with Crippen LogP contribution in [0.2, 0.25) is 0 Å². The topological polar surface area (TPSA) is 80.0 Å². The molecule has 0 atom stereocenters. The normalized spacial score (nSPS) is 15.4. The van der Waals surface area contributed by atoms with E-state index in [2.05, 4.69) is 25.4 Å². The molecule has 1 amide bonds. The summed E-state index contributed by atoms with van der Waals surface area (Å²) < 4.78 is 1.67. The summed E-state index contributed by atoms with van der Waals surface area (Å²) in [5.74, 6) is 0.927. The minimum absolute atomic E-state index is 0.0663. The van der Waals surface area contributed by atoms with Gasteiger partial charge in [-0.3, -0.25) is 4.79 Å². The van der Waals surface area contributed by atoms with E-state index in [4.69, 9.17) is 0 Å². The second kappa shape index (κ2) is 6.84. The van der Waals surface area contributed by atoms with E-state index in [0.717, 1.165) is 42.9 Å². The predicted octanol–water partition coefficient (Wildman–Crippen LogP) is 0.960. The Balaban J connectivity index is 1.43. The van der Waals surface area contributed by atoms with Gasteiger partial charge in [0.25, 0.3) is 0 Å². The van der Waals surface area contributed by atoms with Crippen molar-refractivity contribution in [3.8, 4) is 0 Å². The highest BCUT2D eigenvalue weighted by atomic mass is 16.2. The van der Waals surface area contributed by atoms with Crippen LogP contribution >= 0.6 is 0 Å². The molecule has 1 fully saturated rings. The fraction of sp³-hybridized carbons (Fsp3) is 0.353. The summed E-state index contributed by atoms with van der Waals surface area (Å²) in [5.41, 5.74) is 1.69. The molecule has 1 aromatic carbocycles. The van der Waals surface area contributed by atoms with Gasteiger partial charge in [0.2, 0.25) is 5.91 Å². The molecule has 8 nitrogen and oxygen atoms in total. The Hall–Kier alpha value is -3.03. The molecule has 1 aliphatic heterocycles. The number of aromatic nitrogens is 5. The van der Waals surface area contributed by atoms with Crippen LogP contribution < -0.4 is 4.90 Å². The van der Waals surface area contributed by atoms with Crippen LogP contribution in [0.1, 0.15) is 6.42 Å². The Kier molecular flexibility index (Phi) is 4.24. The maximum absolute atomic E-state index is 12.7. The molecule has 4 rings (SSSR count). The lowest BCUT2D eigenvalue weighted by molar-refractivity contribution is -0.131. The number of anilines is 1. The summed E-state index contributed by atoms with van der Waals surface area (Å²) in [6.45, 7) is 3.24. The highest BCUT2D eigenvalue weighted by Gasteiger charge is 2.21. The van der Waals surface area contributed by atoms with Crippen LogP contribution in [0, 0.1) is 0 Å². The maximum atomic E-state index is 12.7. The van der Waals surface area contributed by atoms with Gasteiger partial charge in [0.1, 0.15) is 12.1 Å². The summed E-state index contributed by atoms with van der Waals surface area (Å²) in [4.78, 5) is 16.8. The van der Waals surface area contributed by atoms with Crippen LogP contribution in [0.4, 0.5) is 5.82 Å². The van der Waals surface area contributed by atoms with Crippen molar-refractivity contribution >= 4 is 22.8 Å². The van der Waals surface area contributed by atoms with E-state index in [9.17, 15) is 4.79 Å². The molecule has 0 unspecified atom stereocenters. The summed E-state index contributed by atoms with van der Waals surface area (Å²) in [5, 5.41) is 16.3. The van der Waals surface area contributed by atoms with E-state index >= 15 is 0 Å². The zero-order valence-corrected chi connectivity index (χ0v) is 13.8. The van der Waals surface area contributed by atoms with Gasteiger partial charge < -0.3 is 9.80 Å². The van der Waals surface area contributed by atoms with Crippen molar-refractivity contribution in [1.82, 2.24) is 30.1 Å². The molecule has 0 radical (unpaired) electrons. The van der Waals surface area contributed by atoms with Gasteiger partial charge in [0, 0.05) is 32.4 Å². The Morgan fingerprint density at radius 3 is 2.80 bits per heavy atom. The summed E-state index contributed by atoms with van der Waals surface area (Å²) in [6, 6.07) is 11.5. The van der Waals surface area contributed by atoms with Gasteiger partial charge in [-0.2, -0.15) is 5.10 Å². The molecule has 128 valence electrons. The number of fused-ring (bicyclic) bond motifs is 1. The lowest BCUT2D eigenvalue weighted by Gasteiger charge is -2.22. The van der Waals surface area contributed by atoms with Crippen molar-refractivity contribution in [1.29, 1.82) is 0 Å². The fourth-order valence-corrected chi connectivity index (χ4v) is 3.12. The van der Waals surface area contributed by atoms with Gasteiger partial charge >= 0.3 is 0 Å². The first kappa shape index (κ1) is 15.5. The molecule has 25 heavy (non-hydrogen) atoms. The van der Waals surface area contributed by atoms with Crippen molar-refractivity contribution in [3.05, 3.63) is 42.6 Å². The van der Waals surface area contributed by atoms with E-state index < -0.39 is 0 Å². The molecule has 0 bridgehead atoms. The second-order valence-electron chi connectivity index (χ2n) is 6.04. The van der Waals surface area contributed by atoms with Gasteiger partial charge in [0.15, 0.2) is 5.82 Å². The van der Waals surface area contributed by atoms with Gasteiger partial charge in [-0.15, -0.1) is 10.2 Å². The van der Waals surface area contributed by atoms with Crippen molar-refractivity contribution < 1.29 is 4.79 Å². The number of nitrogens with zero attached hydrogens (tertiary/aromatic N) is 7. The highest BCUT2D eigenvalue weighted by Crippen LogP contribution is 2.14. The molecule has 0 N–H and O–H groups in total. The fourth-order valence-electron chi connectivity index (χ4n) is 3.12. The van der Waals surface area contributed by atoms with E-state index in [1.54, 1.807) is 10.9 Å². The smallest absolute Gasteiger partial charge is 0.244 e. The van der Waals surface area contributed by atoms with Crippen LogP contribution in [0.3, 0.4) is 0 Å². The van der Waals surface area contributed by atoms with Gasteiger partial charge in [-0.05, 0) is 30.7 Å². The summed E-state index contributed by atoms with van der Waals surface area (Å²) >= 11 is 0. The quantitative estimate of drug-likeness (QED) is 0.708. The molecule has 8 heteroatoms. The molecule has 0 spiro atoms. The number of rotatable bonds is 3. The largest absolute Gasteiger partial charge is 0.353 e. The second-order valence-corrected chi connectivity index (χ2v) is 6.04. The maximum Gasteiger partial charge on any atom is 0.244 e. The Bertz CT molecular complexity index is 864. The molecular weight excluding hydrogens is 318 g/mol. The highest BCUT2D eigenvalue weighted by molar-refractivity contribution is 5.79. The first-order valence-electron chi connectivity index (χ1n) is 8.40. The SMILES string of the molecule is O=C(Cn1nnc2ccccc21)N1CCCN(c2cccnn2)CC1. The molecule has 0 saturated carbocycles. The zero-order chi connectivity index (χ0) is 17.1. The first-order valence-corrected chi connectivity index (χ1v) is 8.40. The molecular formula is C17H19N7O. The molecule has 1 saturated heterocycles. The molecule has 3 heterocycles. The van der Waals surface area contributed by atoms with E-state index in [0.29, 0.717) is 6.54 Å². The third-order valence-corrected chi connectivity index (χ3v) is 4.44. The Morgan fingerprint density at radius 2 is 1.92 bits per heavy atom. The first-order chi connectivity index (χ1) is 12.3.